The van der Waals surface area contributed by atoms with E-state index in [4.69, 9.17) is 5.53 Å². The molecule has 0 heterocycles. The lowest BCUT2D eigenvalue weighted by atomic mass is 9.85. The number of carboxylic acids is 1. The summed E-state index contributed by atoms with van der Waals surface area (Å²) in [4.78, 5) is 13.9. The van der Waals surface area contributed by atoms with Crippen molar-refractivity contribution in [1.82, 2.24) is 0 Å². The second-order valence-electron chi connectivity index (χ2n) is 4.57. The van der Waals surface area contributed by atoms with E-state index >= 15 is 0 Å². The number of rotatable bonds is 5. The monoisotopic (exact) mass is 303 g/mol. The van der Waals surface area contributed by atoms with E-state index in [1.807, 2.05) is 0 Å². The van der Waals surface area contributed by atoms with Crippen LogP contribution in [0.3, 0.4) is 0 Å². The first kappa shape index (κ1) is 15.5. The average molecular weight is 303 g/mol. The molecule has 0 aliphatic heterocycles. The number of nitrogens with zero attached hydrogens (tertiary/aromatic N) is 3. The molecule has 2 aromatic rings. The second-order valence-corrected chi connectivity index (χ2v) is 4.57. The van der Waals surface area contributed by atoms with Crippen LogP contribution in [0.25, 0.3) is 10.4 Å². The number of hydrogen-bond donors (Lipinski definition) is 1. The van der Waals surface area contributed by atoms with Gasteiger partial charge in [-0.1, -0.05) is 29.4 Å². The molecule has 7 heteroatoms. The zero-order chi connectivity index (χ0) is 16.1. The molecule has 2 aromatic carbocycles. The van der Waals surface area contributed by atoms with Gasteiger partial charge < -0.3 is 5.11 Å². The van der Waals surface area contributed by atoms with Gasteiger partial charge in [-0.25, -0.2) is 8.78 Å². The fraction of sp³-hybridized carbons (Fsp3) is 0.133. The molecule has 0 fully saturated rings. The Labute approximate surface area is 124 Å². The maximum Gasteiger partial charge on any atom is 0.313 e. The third kappa shape index (κ3) is 3.39. The van der Waals surface area contributed by atoms with Crippen LogP contribution in [0.1, 0.15) is 17.0 Å². The molecule has 1 N–H and O–H groups in total. The molecule has 0 saturated heterocycles. The highest BCUT2D eigenvalue weighted by atomic mass is 19.1. The zero-order valence-corrected chi connectivity index (χ0v) is 11.2. The Morgan fingerprint density at radius 1 is 1.09 bits per heavy atom. The molecule has 2 atom stereocenters. The van der Waals surface area contributed by atoms with Gasteiger partial charge in [0.1, 0.15) is 17.7 Å². The predicted octanol–water partition coefficient (Wildman–Crippen LogP) is 3.86. The second kappa shape index (κ2) is 6.69. The lowest BCUT2D eigenvalue weighted by molar-refractivity contribution is -0.138. The van der Waals surface area contributed by atoms with Crippen molar-refractivity contribution in [3.8, 4) is 0 Å². The average Bonchev–Trinajstić information content (AvgIpc) is 2.48. The molecule has 0 radical (unpaired) electrons. The van der Waals surface area contributed by atoms with Crippen molar-refractivity contribution >= 4 is 5.97 Å². The van der Waals surface area contributed by atoms with Crippen molar-refractivity contribution in [2.45, 2.75) is 12.0 Å². The van der Waals surface area contributed by atoms with Gasteiger partial charge in [-0.2, -0.15) is 0 Å². The van der Waals surface area contributed by atoms with E-state index in [1.165, 1.54) is 30.3 Å². The highest BCUT2D eigenvalue weighted by Crippen LogP contribution is 2.31. The van der Waals surface area contributed by atoms with Crippen molar-refractivity contribution in [2.24, 2.45) is 5.11 Å². The van der Waals surface area contributed by atoms with Crippen molar-refractivity contribution in [3.05, 3.63) is 81.7 Å². The molecule has 0 aromatic heterocycles. The van der Waals surface area contributed by atoms with Crippen LogP contribution < -0.4 is 0 Å². The van der Waals surface area contributed by atoms with Crippen LogP contribution in [0.2, 0.25) is 0 Å². The van der Waals surface area contributed by atoms with E-state index in [9.17, 15) is 18.7 Å². The molecule has 0 saturated carbocycles. The molecule has 0 bridgehead atoms. The summed E-state index contributed by atoms with van der Waals surface area (Å²) < 4.78 is 26.5. The molecule has 0 aliphatic carbocycles. The van der Waals surface area contributed by atoms with Crippen molar-refractivity contribution in [2.75, 3.05) is 0 Å². The summed E-state index contributed by atoms with van der Waals surface area (Å²) in [6.07, 6.45) is 0. The van der Waals surface area contributed by atoms with Crippen molar-refractivity contribution in [3.63, 3.8) is 0 Å². The van der Waals surface area contributed by atoms with E-state index in [-0.39, 0.29) is 0 Å². The van der Waals surface area contributed by atoms with Crippen LogP contribution in [-0.2, 0) is 4.79 Å². The number of azide groups is 1. The first-order valence-electron chi connectivity index (χ1n) is 6.31. The number of carboxylic acid groups (broad SMARTS) is 1. The van der Waals surface area contributed by atoms with E-state index < -0.39 is 29.6 Å². The zero-order valence-electron chi connectivity index (χ0n) is 11.2. The van der Waals surface area contributed by atoms with Gasteiger partial charge in [-0.3, -0.25) is 4.79 Å². The van der Waals surface area contributed by atoms with Crippen LogP contribution >= 0.6 is 0 Å². The van der Waals surface area contributed by atoms with Gasteiger partial charge in [-0.05, 0) is 40.9 Å². The van der Waals surface area contributed by atoms with Crippen molar-refractivity contribution in [1.29, 1.82) is 0 Å². The Morgan fingerprint density at radius 2 is 1.77 bits per heavy atom. The molecule has 0 unspecified atom stereocenters. The van der Waals surface area contributed by atoms with E-state index in [2.05, 4.69) is 10.0 Å². The van der Waals surface area contributed by atoms with Gasteiger partial charge in [-0.15, -0.1) is 0 Å². The molecule has 2 rings (SSSR count). The first-order chi connectivity index (χ1) is 10.5. The molecule has 0 aliphatic rings. The third-order valence-corrected chi connectivity index (χ3v) is 3.18. The maximum atomic E-state index is 13.4. The molecule has 0 spiro atoms. The largest absolute Gasteiger partial charge is 0.481 e. The normalized spacial score (nSPS) is 13.0. The van der Waals surface area contributed by atoms with E-state index in [1.54, 1.807) is 0 Å². The molecule has 112 valence electrons. The van der Waals surface area contributed by atoms with Gasteiger partial charge >= 0.3 is 5.97 Å². The highest BCUT2D eigenvalue weighted by molar-refractivity contribution is 5.76. The number of benzene rings is 2. The smallest absolute Gasteiger partial charge is 0.313 e. The minimum atomic E-state index is -1.47. The Balaban J connectivity index is 2.60. The standard InChI is InChI=1S/C15H11F2N3O2/c16-11-6-4-9(5-7-11)13(14(15(21)22)19-20-18)10-2-1-3-12(17)8-10/h1-8,13-14H,(H,21,22)/t13-,14-/m0/s1. The maximum absolute atomic E-state index is 13.4. The quantitative estimate of drug-likeness (QED) is 0.516. The van der Waals surface area contributed by atoms with E-state index in [0.717, 1.165) is 18.2 Å². The number of hydrogen-bond acceptors (Lipinski definition) is 2. The minimum absolute atomic E-state index is 0.325. The van der Waals surface area contributed by atoms with Gasteiger partial charge in [0.05, 0.1) is 0 Å². The molecule has 0 amide bonds. The van der Waals surface area contributed by atoms with Crippen LogP contribution in [0, 0.1) is 11.6 Å². The van der Waals surface area contributed by atoms with Crippen LogP contribution in [0.4, 0.5) is 8.78 Å². The Kier molecular flexibility index (Phi) is 4.70. The molecule has 22 heavy (non-hydrogen) atoms. The Hall–Kier alpha value is -2.92. The minimum Gasteiger partial charge on any atom is -0.481 e. The third-order valence-electron chi connectivity index (χ3n) is 3.18. The first-order valence-corrected chi connectivity index (χ1v) is 6.31. The predicted molar refractivity (Wildman–Crippen MR) is 75.2 cm³/mol. The number of halogens is 2. The summed E-state index contributed by atoms with van der Waals surface area (Å²) in [6.45, 7) is 0. The van der Waals surface area contributed by atoms with Gasteiger partial charge in [0.15, 0.2) is 0 Å². The van der Waals surface area contributed by atoms with Crippen LogP contribution in [0.5, 0.6) is 0 Å². The van der Waals surface area contributed by atoms with E-state index in [0.29, 0.717) is 11.1 Å². The summed E-state index contributed by atoms with van der Waals surface area (Å²) in [6, 6.07) is 8.95. The fourth-order valence-electron chi connectivity index (χ4n) is 2.24. The fourth-order valence-corrected chi connectivity index (χ4v) is 2.24. The highest BCUT2D eigenvalue weighted by Gasteiger charge is 2.30. The Bertz CT molecular complexity index is 726. The van der Waals surface area contributed by atoms with Gasteiger partial charge in [0.25, 0.3) is 0 Å². The number of carbonyl (C=O) groups is 1. The topological polar surface area (TPSA) is 86.1 Å². The summed E-state index contributed by atoms with van der Waals surface area (Å²) >= 11 is 0. The molecular formula is C15H11F2N3O2. The van der Waals surface area contributed by atoms with Crippen LogP contribution in [0.15, 0.2) is 53.6 Å². The summed E-state index contributed by atoms with van der Waals surface area (Å²) in [5, 5.41) is 12.6. The summed E-state index contributed by atoms with van der Waals surface area (Å²) in [5.41, 5.74) is 9.32. The Morgan fingerprint density at radius 3 is 2.32 bits per heavy atom. The lowest BCUT2D eigenvalue weighted by Gasteiger charge is -2.21. The lowest BCUT2D eigenvalue weighted by Crippen LogP contribution is -2.26. The van der Waals surface area contributed by atoms with Gasteiger partial charge in [0.2, 0.25) is 0 Å². The van der Waals surface area contributed by atoms with Crippen LogP contribution in [-0.4, -0.2) is 17.1 Å². The number of aliphatic carboxylic acids is 1. The summed E-state index contributed by atoms with van der Waals surface area (Å²) in [5.74, 6) is -3.31. The summed E-state index contributed by atoms with van der Waals surface area (Å²) in [7, 11) is 0. The van der Waals surface area contributed by atoms with Gasteiger partial charge in [0, 0.05) is 10.8 Å². The SMILES string of the molecule is [N-]=[N+]=N[C@H](C(=O)O)[C@@H](c1ccc(F)cc1)c1cccc(F)c1. The van der Waals surface area contributed by atoms with Crippen molar-refractivity contribution < 1.29 is 18.7 Å². The molecule has 5 nitrogen and oxygen atoms in total. The molecular weight excluding hydrogens is 292 g/mol.